The highest BCUT2D eigenvalue weighted by Crippen LogP contribution is 2.39. The smallest absolute Gasteiger partial charge is 0.343 e. The summed E-state index contributed by atoms with van der Waals surface area (Å²) in [5, 5.41) is 8.46. The molecule has 1 heterocycles. The molecule has 240 valence electrons. The first-order valence-corrected chi connectivity index (χ1v) is 15.9. The van der Waals surface area contributed by atoms with E-state index in [2.05, 4.69) is 31.8 Å². The van der Waals surface area contributed by atoms with E-state index in [0.717, 1.165) is 10.1 Å². The molecule has 1 aromatic heterocycles. The fraction of sp³-hybridized carbons (Fsp3) is 0.0909. The molecule has 0 aliphatic heterocycles. The maximum absolute atomic E-state index is 13.1. The molecule has 5 rings (SSSR count). The summed E-state index contributed by atoms with van der Waals surface area (Å²) in [6, 6.07) is 19.4. The summed E-state index contributed by atoms with van der Waals surface area (Å²) >= 11 is 17.1. The third-order valence-corrected chi connectivity index (χ3v) is 9.03. The molecule has 4 aromatic carbocycles. The highest BCUT2D eigenvalue weighted by atomic mass is 79.9. The van der Waals surface area contributed by atoms with Crippen molar-refractivity contribution in [2.75, 3.05) is 26.6 Å². The molecule has 14 heteroatoms. The Morgan fingerprint density at radius 2 is 1.51 bits per heavy atom. The van der Waals surface area contributed by atoms with Crippen LogP contribution >= 0.6 is 50.5 Å². The number of halogens is 3. The van der Waals surface area contributed by atoms with Gasteiger partial charge in [0.2, 0.25) is 5.75 Å². The Morgan fingerprint density at radius 3 is 2.17 bits per heavy atom. The van der Waals surface area contributed by atoms with Gasteiger partial charge in [0.15, 0.2) is 11.5 Å². The zero-order valence-electron chi connectivity index (χ0n) is 24.9. The van der Waals surface area contributed by atoms with Crippen LogP contribution in [0.3, 0.4) is 0 Å². The quantitative estimate of drug-likeness (QED) is 0.0637. The van der Waals surface area contributed by atoms with Crippen molar-refractivity contribution in [2.45, 2.75) is 0 Å². The fourth-order valence-electron chi connectivity index (χ4n) is 4.37. The molecule has 0 bridgehead atoms. The van der Waals surface area contributed by atoms with Gasteiger partial charge < -0.3 is 24.3 Å². The van der Waals surface area contributed by atoms with Crippen LogP contribution in [-0.4, -0.2) is 45.3 Å². The van der Waals surface area contributed by atoms with Gasteiger partial charge in [0.25, 0.3) is 11.8 Å². The summed E-state index contributed by atoms with van der Waals surface area (Å²) < 4.78 is 23.1. The SMILES string of the molecule is COc1cc(C(=O)Oc2ccc(Br)cc2/C=N\NC(=O)c2ccc(NC(=O)c3sc4cc(Cl)ccc4c3Cl)cc2)cc(OC)c1OC. The predicted molar refractivity (Wildman–Crippen MR) is 186 cm³/mol. The average molecular weight is 757 g/mol. The van der Waals surface area contributed by atoms with Crippen LogP contribution in [0.5, 0.6) is 23.0 Å². The number of anilines is 1. The number of hydrazone groups is 1. The highest BCUT2D eigenvalue weighted by Gasteiger charge is 2.20. The lowest BCUT2D eigenvalue weighted by atomic mass is 10.1. The molecule has 2 amide bonds. The normalized spacial score (nSPS) is 10.9. The molecule has 0 fully saturated rings. The van der Waals surface area contributed by atoms with E-state index < -0.39 is 11.9 Å². The van der Waals surface area contributed by atoms with E-state index in [0.29, 0.717) is 47.9 Å². The number of hydrogen-bond acceptors (Lipinski definition) is 9. The molecule has 0 aliphatic rings. The van der Waals surface area contributed by atoms with Crippen molar-refractivity contribution in [3.8, 4) is 23.0 Å². The summed E-state index contributed by atoms with van der Waals surface area (Å²) in [6.45, 7) is 0. The minimum absolute atomic E-state index is 0.162. The molecule has 0 saturated heterocycles. The molecule has 0 aliphatic carbocycles. The monoisotopic (exact) mass is 755 g/mol. The minimum Gasteiger partial charge on any atom is -0.493 e. The third-order valence-electron chi connectivity index (χ3n) is 6.65. The van der Waals surface area contributed by atoms with Gasteiger partial charge in [-0.3, -0.25) is 9.59 Å². The van der Waals surface area contributed by atoms with Gasteiger partial charge >= 0.3 is 5.97 Å². The Bertz CT molecular complexity index is 2010. The van der Waals surface area contributed by atoms with Gasteiger partial charge in [-0.15, -0.1) is 11.3 Å². The molecule has 10 nitrogen and oxygen atoms in total. The van der Waals surface area contributed by atoms with Crippen LogP contribution < -0.4 is 29.7 Å². The van der Waals surface area contributed by atoms with Gasteiger partial charge in [0.1, 0.15) is 10.6 Å². The molecular weight excluding hydrogens is 733 g/mol. The van der Waals surface area contributed by atoms with E-state index in [4.69, 9.17) is 42.1 Å². The molecule has 0 unspecified atom stereocenters. The van der Waals surface area contributed by atoms with Crippen molar-refractivity contribution in [1.29, 1.82) is 0 Å². The van der Waals surface area contributed by atoms with Crippen LogP contribution in [0.15, 0.2) is 82.4 Å². The Balaban J connectivity index is 1.24. The van der Waals surface area contributed by atoms with Gasteiger partial charge in [-0.1, -0.05) is 45.2 Å². The van der Waals surface area contributed by atoms with Crippen LogP contribution in [-0.2, 0) is 0 Å². The van der Waals surface area contributed by atoms with Crippen LogP contribution in [0.2, 0.25) is 10.0 Å². The fourth-order valence-corrected chi connectivity index (χ4v) is 6.44. The summed E-state index contributed by atoms with van der Waals surface area (Å²) in [6.07, 6.45) is 1.34. The van der Waals surface area contributed by atoms with Crippen molar-refractivity contribution < 1.29 is 33.3 Å². The first kappa shape index (κ1) is 33.7. The molecule has 5 aromatic rings. The second-order valence-electron chi connectivity index (χ2n) is 9.60. The number of rotatable bonds is 10. The molecular formula is C33H24BrCl2N3O7S. The first-order chi connectivity index (χ1) is 22.6. The van der Waals surface area contributed by atoms with Crippen molar-refractivity contribution in [3.63, 3.8) is 0 Å². The predicted octanol–water partition coefficient (Wildman–Crippen LogP) is 8.23. The lowest BCUT2D eigenvalue weighted by Gasteiger charge is -2.14. The molecule has 0 atom stereocenters. The number of methoxy groups -OCH3 is 3. The van der Waals surface area contributed by atoms with Crippen molar-refractivity contribution in [1.82, 2.24) is 5.43 Å². The lowest BCUT2D eigenvalue weighted by molar-refractivity contribution is 0.0733. The van der Waals surface area contributed by atoms with Gasteiger partial charge in [0, 0.05) is 36.4 Å². The second kappa shape index (κ2) is 14.9. The Labute approximate surface area is 291 Å². The lowest BCUT2D eigenvalue weighted by Crippen LogP contribution is -2.18. The van der Waals surface area contributed by atoms with Crippen LogP contribution in [0.25, 0.3) is 10.1 Å². The number of hydrogen-bond donors (Lipinski definition) is 2. The largest absolute Gasteiger partial charge is 0.493 e. The Morgan fingerprint density at radius 1 is 0.809 bits per heavy atom. The number of thiophene rings is 1. The van der Waals surface area contributed by atoms with E-state index in [9.17, 15) is 14.4 Å². The average Bonchev–Trinajstić information content (AvgIpc) is 3.40. The van der Waals surface area contributed by atoms with Gasteiger partial charge in [-0.25, -0.2) is 10.2 Å². The van der Waals surface area contributed by atoms with Crippen LogP contribution in [0.4, 0.5) is 5.69 Å². The summed E-state index contributed by atoms with van der Waals surface area (Å²) in [7, 11) is 4.34. The molecule has 0 radical (unpaired) electrons. The Kier molecular flexibility index (Phi) is 10.7. The summed E-state index contributed by atoms with van der Waals surface area (Å²) in [5.74, 6) is -0.467. The number of carbonyl (C=O) groups excluding carboxylic acids is 3. The van der Waals surface area contributed by atoms with E-state index >= 15 is 0 Å². The van der Waals surface area contributed by atoms with Gasteiger partial charge in [0.05, 0.1) is 38.1 Å². The van der Waals surface area contributed by atoms with Crippen LogP contribution in [0, 0.1) is 0 Å². The number of esters is 1. The minimum atomic E-state index is -0.684. The maximum atomic E-state index is 13.1. The summed E-state index contributed by atoms with van der Waals surface area (Å²) in [5.41, 5.74) is 3.77. The Hall–Kier alpha value is -4.62. The molecule has 2 N–H and O–H groups in total. The number of carbonyl (C=O) groups is 3. The third kappa shape index (κ3) is 7.68. The van der Waals surface area contributed by atoms with Crippen molar-refractivity contribution in [3.05, 3.63) is 109 Å². The zero-order chi connectivity index (χ0) is 33.7. The number of amides is 2. The number of fused-ring (bicyclic) bond motifs is 1. The molecule has 47 heavy (non-hydrogen) atoms. The highest BCUT2D eigenvalue weighted by molar-refractivity contribution is 9.10. The van der Waals surface area contributed by atoms with Crippen molar-refractivity contribution in [2.24, 2.45) is 5.10 Å². The molecule has 0 saturated carbocycles. The second-order valence-corrected chi connectivity index (χ2v) is 12.4. The maximum Gasteiger partial charge on any atom is 0.343 e. The number of nitrogens with one attached hydrogen (secondary N) is 2. The van der Waals surface area contributed by atoms with E-state index in [1.54, 1.807) is 48.5 Å². The zero-order valence-corrected chi connectivity index (χ0v) is 28.8. The van der Waals surface area contributed by atoms with Gasteiger partial charge in [-0.05, 0) is 66.7 Å². The van der Waals surface area contributed by atoms with E-state index in [-0.39, 0.29) is 22.8 Å². The van der Waals surface area contributed by atoms with E-state index in [1.165, 1.54) is 63.1 Å². The summed E-state index contributed by atoms with van der Waals surface area (Å²) in [4.78, 5) is 39.1. The van der Waals surface area contributed by atoms with Gasteiger partial charge in [-0.2, -0.15) is 5.10 Å². The molecule has 0 spiro atoms. The van der Waals surface area contributed by atoms with E-state index in [1.807, 2.05) is 0 Å². The number of benzene rings is 4. The number of ether oxygens (including phenoxy) is 4. The topological polar surface area (TPSA) is 125 Å². The van der Waals surface area contributed by atoms with Crippen molar-refractivity contribution >= 4 is 90.2 Å². The first-order valence-electron chi connectivity index (χ1n) is 13.6. The number of nitrogens with zero attached hydrogens (tertiary/aromatic N) is 1. The standard InChI is InChI=1S/C33H24BrCl2N3O7S/c1-43-25-13-18(14-26(44-2)29(25)45-3)33(42)46-24-11-6-20(34)12-19(24)16-37-39-31(40)17-4-8-22(9-5-17)38-32(41)30-28(36)23-10-7-21(35)15-27(23)47-30/h4-16H,1-3H3,(H,38,41)(H,39,40)/b37-16-. The van der Waals surface area contributed by atoms with Crippen LogP contribution in [0.1, 0.15) is 36.0 Å².